The van der Waals surface area contributed by atoms with E-state index in [1.165, 1.54) is 11.3 Å². The first-order valence-electron chi connectivity index (χ1n) is 5.11. The van der Waals surface area contributed by atoms with Gasteiger partial charge in [-0.25, -0.2) is 9.78 Å². The summed E-state index contributed by atoms with van der Waals surface area (Å²) in [7, 11) is 0. The van der Waals surface area contributed by atoms with Crippen LogP contribution < -0.4 is 0 Å². The lowest BCUT2D eigenvalue weighted by Gasteiger charge is -1.97. The van der Waals surface area contributed by atoms with Crippen molar-refractivity contribution >= 4 is 34.6 Å². The Bertz CT molecular complexity index is 747. The summed E-state index contributed by atoms with van der Waals surface area (Å²) in [6.07, 6.45) is 1.71. The molecule has 0 aliphatic heterocycles. The zero-order valence-corrected chi connectivity index (χ0v) is 10.6. The van der Waals surface area contributed by atoms with Gasteiger partial charge in [0.2, 0.25) is 0 Å². The van der Waals surface area contributed by atoms with Gasteiger partial charge in [0.25, 0.3) is 0 Å². The number of fused-ring (bicyclic) bond motifs is 1. The topological polar surface area (TPSA) is 54.6 Å². The second kappa shape index (κ2) is 4.12. The maximum Gasteiger partial charge on any atom is 0.352 e. The molecule has 0 aromatic carbocycles. The molecule has 3 heterocycles. The number of pyridine rings is 1. The van der Waals surface area contributed by atoms with Crippen molar-refractivity contribution in [1.29, 1.82) is 0 Å². The maximum atomic E-state index is 11.1. The van der Waals surface area contributed by atoms with Crippen molar-refractivity contribution in [2.45, 2.75) is 0 Å². The predicted octanol–water partition coefficient (Wildman–Crippen LogP) is 3.41. The summed E-state index contributed by atoms with van der Waals surface area (Å²) in [6, 6.07) is 6.80. The largest absolute Gasteiger partial charge is 0.477 e. The van der Waals surface area contributed by atoms with Crippen LogP contribution in [0.4, 0.5) is 0 Å². The van der Waals surface area contributed by atoms with Crippen molar-refractivity contribution < 1.29 is 9.90 Å². The summed E-state index contributed by atoms with van der Waals surface area (Å²) in [5.41, 5.74) is 2.40. The maximum absolute atomic E-state index is 11.1. The van der Waals surface area contributed by atoms with Crippen LogP contribution in [-0.2, 0) is 0 Å². The molecule has 0 radical (unpaired) electrons. The van der Waals surface area contributed by atoms with Crippen LogP contribution in [0, 0.1) is 0 Å². The van der Waals surface area contributed by atoms with E-state index in [4.69, 9.17) is 16.7 Å². The minimum Gasteiger partial charge on any atom is -0.477 e. The number of rotatable bonds is 2. The molecule has 18 heavy (non-hydrogen) atoms. The SMILES string of the molecule is O=C(O)c1cccc2nc(-c3csc(Cl)c3)cn12. The Morgan fingerprint density at radius 2 is 2.28 bits per heavy atom. The summed E-state index contributed by atoms with van der Waals surface area (Å²) in [5.74, 6) is -0.979. The third kappa shape index (κ3) is 1.77. The molecule has 3 aromatic rings. The summed E-state index contributed by atoms with van der Waals surface area (Å²) in [4.78, 5) is 15.5. The molecule has 1 N–H and O–H groups in total. The average molecular weight is 279 g/mol. The Balaban J connectivity index is 2.22. The van der Waals surface area contributed by atoms with Gasteiger partial charge in [0.05, 0.1) is 10.0 Å². The van der Waals surface area contributed by atoms with Gasteiger partial charge in [-0.1, -0.05) is 17.7 Å². The molecule has 3 rings (SSSR count). The van der Waals surface area contributed by atoms with Crippen LogP contribution in [0.5, 0.6) is 0 Å². The van der Waals surface area contributed by atoms with Crippen LogP contribution in [0.1, 0.15) is 10.5 Å². The molecule has 0 saturated carbocycles. The quantitative estimate of drug-likeness (QED) is 0.781. The molecule has 0 bridgehead atoms. The van der Waals surface area contributed by atoms with Crippen molar-refractivity contribution in [2.75, 3.05) is 0 Å². The van der Waals surface area contributed by atoms with Crippen LogP contribution in [0.25, 0.3) is 16.9 Å². The lowest BCUT2D eigenvalue weighted by Crippen LogP contribution is -2.03. The first-order valence-corrected chi connectivity index (χ1v) is 6.37. The molecule has 4 nitrogen and oxygen atoms in total. The smallest absolute Gasteiger partial charge is 0.352 e. The number of carboxylic acids is 1. The van der Waals surface area contributed by atoms with E-state index in [-0.39, 0.29) is 5.69 Å². The second-order valence-electron chi connectivity index (χ2n) is 3.71. The molecule has 90 valence electrons. The summed E-state index contributed by atoms with van der Waals surface area (Å²) in [5, 5.41) is 11.0. The zero-order chi connectivity index (χ0) is 12.7. The number of imidazole rings is 1. The van der Waals surface area contributed by atoms with E-state index in [0.717, 1.165) is 5.56 Å². The minimum atomic E-state index is -0.979. The zero-order valence-electron chi connectivity index (χ0n) is 9.00. The highest BCUT2D eigenvalue weighted by Gasteiger charge is 2.12. The van der Waals surface area contributed by atoms with Gasteiger partial charge < -0.3 is 5.11 Å². The van der Waals surface area contributed by atoms with E-state index in [2.05, 4.69) is 4.98 Å². The number of carbonyl (C=O) groups is 1. The number of hydrogen-bond acceptors (Lipinski definition) is 3. The van der Waals surface area contributed by atoms with Crippen LogP contribution >= 0.6 is 22.9 Å². The van der Waals surface area contributed by atoms with Crippen LogP contribution in [0.2, 0.25) is 4.34 Å². The minimum absolute atomic E-state index is 0.188. The predicted molar refractivity (Wildman–Crippen MR) is 70.5 cm³/mol. The van der Waals surface area contributed by atoms with E-state index < -0.39 is 5.97 Å². The Morgan fingerprint density at radius 1 is 1.44 bits per heavy atom. The molecule has 6 heteroatoms. The van der Waals surface area contributed by atoms with Crippen molar-refractivity contribution in [3.05, 3.63) is 45.9 Å². The fourth-order valence-corrected chi connectivity index (χ4v) is 2.64. The normalized spacial score (nSPS) is 10.9. The second-order valence-corrected chi connectivity index (χ2v) is 5.25. The number of hydrogen-bond donors (Lipinski definition) is 1. The van der Waals surface area contributed by atoms with Gasteiger partial charge in [-0.2, -0.15) is 0 Å². The standard InChI is InChI=1S/C12H7ClN2O2S/c13-10-4-7(6-18-10)8-5-15-9(12(16)17)2-1-3-11(15)14-8/h1-6H,(H,16,17). The third-order valence-electron chi connectivity index (χ3n) is 2.57. The molecule has 0 spiro atoms. The Hall–Kier alpha value is -1.85. The molecule has 0 amide bonds. The molecule has 0 fully saturated rings. The van der Waals surface area contributed by atoms with E-state index in [1.54, 1.807) is 28.8 Å². The van der Waals surface area contributed by atoms with E-state index in [1.807, 2.05) is 11.4 Å². The first kappa shape index (κ1) is 11.3. The van der Waals surface area contributed by atoms with Gasteiger partial charge in [0.15, 0.2) is 0 Å². The third-order valence-corrected chi connectivity index (χ3v) is 3.67. The fraction of sp³-hybridized carbons (Fsp3) is 0. The number of aromatic carboxylic acids is 1. The molecule has 0 aliphatic carbocycles. The van der Waals surface area contributed by atoms with Crippen LogP contribution in [0.15, 0.2) is 35.8 Å². The van der Waals surface area contributed by atoms with Gasteiger partial charge in [-0.3, -0.25) is 4.40 Å². The number of aromatic nitrogens is 2. The van der Waals surface area contributed by atoms with Crippen molar-refractivity contribution in [1.82, 2.24) is 9.38 Å². The molecule has 0 unspecified atom stereocenters. The highest BCUT2D eigenvalue weighted by atomic mass is 35.5. The number of halogens is 1. The molecule has 0 aliphatic rings. The van der Waals surface area contributed by atoms with Gasteiger partial charge in [-0.05, 0) is 18.2 Å². The first-order chi connectivity index (χ1) is 8.65. The molecule has 0 saturated heterocycles. The number of carboxylic acid groups (broad SMARTS) is 1. The Labute approximate surface area is 111 Å². The molecule has 3 aromatic heterocycles. The lowest BCUT2D eigenvalue weighted by molar-refractivity contribution is 0.0689. The molecule has 0 atom stereocenters. The number of nitrogens with zero attached hydrogens (tertiary/aromatic N) is 2. The van der Waals surface area contributed by atoms with Gasteiger partial charge >= 0.3 is 5.97 Å². The Kier molecular flexibility index (Phi) is 2.57. The van der Waals surface area contributed by atoms with E-state index >= 15 is 0 Å². The van der Waals surface area contributed by atoms with Crippen LogP contribution in [0.3, 0.4) is 0 Å². The Morgan fingerprint density at radius 3 is 2.94 bits per heavy atom. The van der Waals surface area contributed by atoms with Gasteiger partial charge in [0.1, 0.15) is 11.3 Å². The number of thiophene rings is 1. The molecular formula is C12H7ClN2O2S. The van der Waals surface area contributed by atoms with Gasteiger partial charge in [-0.15, -0.1) is 11.3 Å². The van der Waals surface area contributed by atoms with E-state index in [9.17, 15) is 4.79 Å². The monoisotopic (exact) mass is 278 g/mol. The summed E-state index contributed by atoms with van der Waals surface area (Å²) >= 11 is 7.30. The average Bonchev–Trinajstić information content (AvgIpc) is 2.93. The highest BCUT2D eigenvalue weighted by Crippen LogP contribution is 2.28. The molecular weight excluding hydrogens is 272 g/mol. The fourth-order valence-electron chi connectivity index (χ4n) is 1.77. The highest BCUT2D eigenvalue weighted by molar-refractivity contribution is 7.14. The summed E-state index contributed by atoms with van der Waals surface area (Å²) < 4.78 is 2.24. The van der Waals surface area contributed by atoms with Crippen molar-refractivity contribution in [3.63, 3.8) is 0 Å². The van der Waals surface area contributed by atoms with E-state index in [0.29, 0.717) is 15.7 Å². The van der Waals surface area contributed by atoms with Gasteiger partial charge in [0, 0.05) is 17.1 Å². The lowest BCUT2D eigenvalue weighted by atomic mass is 10.3. The van der Waals surface area contributed by atoms with Crippen molar-refractivity contribution in [2.24, 2.45) is 0 Å². The summed E-state index contributed by atoms with van der Waals surface area (Å²) in [6.45, 7) is 0. The van der Waals surface area contributed by atoms with Crippen molar-refractivity contribution in [3.8, 4) is 11.3 Å². The van der Waals surface area contributed by atoms with Crippen LogP contribution in [-0.4, -0.2) is 20.5 Å².